The van der Waals surface area contributed by atoms with Crippen molar-refractivity contribution in [3.05, 3.63) is 70.3 Å². The van der Waals surface area contributed by atoms with E-state index in [1.807, 2.05) is 12.1 Å². The van der Waals surface area contributed by atoms with Crippen molar-refractivity contribution in [3.63, 3.8) is 0 Å². The molecule has 1 nitrogen and oxygen atoms in total. The lowest BCUT2D eigenvalue weighted by Gasteiger charge is -2.14. The number of fused-ring (bicyclic) bond motifs is 1. The first kappa shape index (κ1) is 13.3. The molecule has 0 spiro atoms. The van der Waals surface area contributed by atoms with Crippen LogP contribution in [0.4, 0.5) is 8.78 Å². The number of aliphatic hydroxyl groups excluding tert-OH is 1. The molecule has 1 unspecified atom stereocenters. The van der Waals surface area contributed by atoms with Crippen molar-refractivity contribution in [2.75, 3.05) is 0 Å². The molecule has 1 atom stereocenters. The highest BCUT2D eigenvalue weighted by Crippen LogP contribution is 2.27. The quantitative estimate of drug-likeness (QED) is 0.904. The van der Waals surface area contributed by atoms with Crippen molar-refractivity contribution in [3.8, 4) is 0 Å². The van der Waals surface area contributed by atoms with E-state index in [0.29, 0.717) is 0 Å². The Kier molecular flexibility index (Phi) is 3.53. The van der Waals surface area contributed by atoms with Crippen molar-refractivity contribution < 1.29 is 13.9 Å². The summed E-state index contributed by atoms with van der Waals surface area (Å²) < 4.78 is 27.2. The summed E-state index contributed by atoms with van der Waals surface area (Å²) in [6, 6.07) is 9.68. The molecule has 20 heavy (non-hydrogen) atoms. The topological polar surface area (TPSA) is 20.2 Å². The summed E-state index contributed by atoms with van der Waals surface area (Å²) in [5.74, 6) is -1.39. The van der Waals surface area contributed by atoms with Crippen LogP contribution in [-0.4, -0.2) is 5.11 Å². The third kappa shape index (κ3) is 2.46. The number of hydrogen-bond donors (Lipinski definition) is 1. The third-order valence-electron chi connectivity index (χ3n) is 3.92. The van der Waals surface area contributed by atoms with Crippen molar-refractivity contribution in [2.45, 2.75) is 31.8 Å². The number of halogens is 2. The van der Waals surface area contributed by atoms with Crippen LogP contribution < -0.4 is 0 Å². The highest BCUT2D eigenvalue weighted by molar-refractivity contribution is 5.36. The molecule has 0 fully saturated rings. The van der Waals surface area contributed by atoms with E-state index in [4.69, 9.17) is 0 Å². The van der Waals surface area contributed by atoms with Gasteiger partial charge in [-0.25, -0.2) is 8.78 Å². The first-order valence-electron chi connectivity index (χ1n) is 6.88. The van der Waals surface area contributed by atoms with E-state index in [9.17, 15) is 13.9 Å². The molecular weight excluding hydrogens is 258 g/mol. The average Bonchev–Trinajstić information content (AvgIpc) is 2.85. The van der Waals surface area contributed by atoms with Crippen molar-refractivity contribution in [1.29, 1.82) is 0 Å². The zero-order chi connectivity index (χ0) is 14.1. The molecule has 0 saturated heterocycles. The molecule has 1 aliphatic carbocycles. The Balaban J connectivity index is 1.84. The zero-order valence-corrected chi connectivity index (χ0v) is 11.1. The smallest absolute Gasteiger partial charge is 0.131 e. The molecule has 1 N–H and O–H groups in total. The number of aliphatic hydroxyl groups is 1. The van der Waals surface area contributed by atoms with E-state index in [1.165, 1.54) is 29.3 Å². The molecule has 0 bridgehead atoms. The lowest BCUT2D eigenvalue weighted by molar-refractivity contribution is 0.168. The van der Waals surface area contributed by atoms with E-state index in [2.05, 4.69) is 6.07 Å². The standard InChI is InChI=1S/C17H16F2O/c18-14-5-2-6-15(19)17(14)16(20)10-11-7-8-12-3-1-4-13(12)9-11/h2,5-9,16,20H,1,3-4,10H2. The molecule has 0 heterocycles. The highest BCUT2D eigenvalue weighted by atomic mass is 19.1. The minimum Gasteiger partial charge on any atom is -0.388 e. The lowest BCUT2D eigenvalue weighted by Crippen LogP contribution is -2.07. The summed E-state index contributed by atoms with van der Waals surface area (Å²) in [4.78, 5) is 0. The molecule has 3 heteroatoms. The van der Waals surface area contributed by atoms with Gasteiger partial charge in [0.1, 0.15) is 11.6 Å². The molecule has 0 saturated carbocycles. The summed E-state index contributed by atoms with van der Waals surface area (Å²) >= 11 is 0. The Morgan fingerprint density at radius 1 is 1.00 bits per heavy atom. The predicted octanol–water partition coefficient (Wildman–Crippen LogP) is 3.73. The molecular formula is C17H16F2O. The van der Waals surface area contributed by atoms with E-state index >= 15 is 0 Å². The third-order valence-corrected chi connectivity index (χ3v) is 3.92. The Bertz CT molecular complexity index is 617. The fourth-order valence-electron chi connectivity index (χ4n) is 2.91. The van der Waals surface area contributed by atoms with Gasteiger partial charge in [0.15, 0.2) is 0 Å². The normalized spacial score (nSPS) is 15.2. The molecule has 0 amide bonds. The summed E-state index contributed by atoms with van der Waals surface area (Å²) in [7, 11) is 0. The minimum absolute atomic E-state index is 0.227. The molecule has 2 aromatic carbocycles. The fraction of sp³-hybridized carbons (Fsp3) is 0.294. The van der Waals surface area contributed by atoms with E-state index in [-0.39, 0.29) is 12.0 Å². The fourth-order valence-corrected chi connectivity index (χ4v) is 2.91. The van der Waals surface area contributed by atoms with Crippen LogP contribution >= 0.6 is 0 Å². The van der Waals surface area contributed by atoms with Gasteiger partial charge in [-0.2, -0.15) is 0 Å². The van der Waals surface area contributed by atoms with Crippen LogP contribution in [0.2, 0.25) is 0 Å². The van der Waals surface area contributed by atoms with E-state index < -0.39 is 17.7 Å². The van der Waals surface area contributed by atoms with Gasteiger partial charge in [-0.3, -0.25) is 0 Å². The van der Waals surface area contributed by atoms with Gasteiger partial charge < -0.3 is 5.11 Å². The largest absolute Gasteiger partial charge is 0.388 e. The van der Waals surface area contributed by atoms with Gasteiger partial charge in [-0.05, 0) is 48.1 Å². The number of hydrogen-bond acceptors (Lipinski definition) is 1. The number of benzene rings is 2. The highest BCUT2D eigenvalue weighted by Gasteiger charge is 2.19. The first-order chi connectivity index (χ1) is 9.65. The van der Waals surface area contributed by atoms with Crippen molar-refractivity contribution >= 4 is 0 Å². The molecule has 1 aliphatic rings. The van der Waals surface area contributed by atoms with Gasteiger partial charge in [-0.15, -0.1) is 0 Å². The van der Waals surface area contributed by atoms with Crippen LogP contribution in [-0.2, 0) is 19.3 Å². The van der Waals surface area contributed by atoms with Crippen LogP contribution in [0.15, 0.2) is 36.4 Å². The molecule has 104 valence electrons. The molecule has 2 aromatic rings. The second-order valence-electron chi connectivity index (χ2n) is 5.31. The molecule has 3 rings (SSSR count). The number of rotatable bonds is 3. The van der Waals surface area contributed by atoms with Crippen LogP contribution in [0.5, 0.6) is 0 Å². The molecule has 0 aromatic heterocycles. The Morgan fingerprint density at radius 3 is 2.45 bits per heavy atom. The summed E-state index contributed by atoms with van der Waals surface area (Å²) in [5.41, 5.74) is 3.32. The van der Waals surface area contributed by atoms with Gasteiger partial charge in [0, 0.05) is 6.42 Å². The monoisotopic (exact) mass is 274 g/mol. The number of aryl methyl sites for hydroxylation is 2. The summed E-state index contributed by atoms with van der Waals surface area (Å²) in [6.45, 7) is 0. The van der Waals surface area contributed by atoms with E-state index in [0.717, 1.165) is 24.8 Å². The first-order valence-corrected chi connectivity index (χ1v) is 6.88. The maximum atomic E-state index is 13.6. The SMILES string of the molecule is OC(Cc1ccc2c(c1)CCC2)c1c(F)cccc1F. The molecule has 0 radical (unpaired) electrons. The summed E-state index contributed by atoms with van der Waals surface area (Å²) in [6.07, 6.45) is 2.37. The average molecular weight is 274 g/mol. The maximum Gasteiger partial charge on any atom is 0.131 e. The van der Waals surface area contributed by atoms with Gasteiger partial charge in [0.05, 0.1) is 11.7 Å². The Morgan fingerprint density at radius 2 is 1.70 bits per heavy atom. The molecule has 0 aliphatic heterocycles. The van der Waals surface area contributed by atoms with Crippen LogP contribution in [0.25, 0.3) is 0 Å². The second kappa shape index (κ2) is 5.33. The second-order valence-corrected chi connectivity index (χ2v) is 5.31. The van der Waals surface area contributed by atoms with Crippen LogP contribution in [0, 0.1) is 11.6 Å². The van der Waals surface area contributed by atoms with Gasteiger partial charge >= 0.3 is 0 Å². The minimum atomic E-state index is -1.16. The van der Waals surface area contributed by atoms with Gasteiger partial charge in [-0.1, -0.05) is 24.3 Å². The predicted molar refractivity (Wildman–Crippen MR) is 73.5 cm³/mol. The lowest BCUT2D eigenvalue weighted by atomic mass is 9.98. The van der Waals surface area contributed by atoms with E-state index in [1.54, 1.807) is 0 Å². The van der Waals surface area contributed by atoms with Crippen molar-refractivity contribution in [1.82, 2.24) is 0 Å². The van der Waals surface area contributed by atoms with Gasteiger partial charge in [0.25, 0.3) is 0 Å². The summed E-state index contributed by atoms with van der Waals surface area (Å²) in [5, 5.41) is 10.1. The Hall–Kier alpha value is -1.74. The van der Waals surface area contributed by atoms with Gasteiger partial charge in [0.2, 0.25) is 0 Å². The van der Waals surface area contributed by atoms with Crippen molar-refractivity contribution in [2.24, 2.45) is 0 Å². The maximum absolute atomic E-state index is 13.6. The Labute approximate surface area is 116 Å². The zero-order valence-electron chi connectivity index (χ0n) is 11.1. The van der Waals surface area contributed by atoms with Crippen LogP contribution in [0.3, 0.4) is 0 Å². The van der Waals surface area contributed by atoms with Crippen LogP contribution in [0.1, 0.15) is 34.8 Å².